The SMILES string of the molecule is N#CC1=C(N)Oc2n[nH]c(-c3ccccc3)c2[C@@H]1c1ccc(-c2ccccc2)cc1. The van der Waals surface area contributed by atoms with Crippen molar-refractivity contribution in [3.63, 3.8) is 0 Å². The van der Waals surface area contributed by atoms with Crippen molar-refractivity contribution in [3.8, 4) is 34.3 Å². The third-order valence-electron chi connectivity index (χ3n) is 5.35. The molecule has 0 bridgehead atoms. The lowest BCUT2D eigenvalue weighted by Crippen LogP contribution is -2.20. The Morgan fingerprint density at radius 3 is 2.07 bits per heavy atom. The second-order valence-corrected chi connectivity index (χ2v) is 7.10. The number of hydrogen-bond donors (Lipinski definition) is 2. The summed E-state index contributed by atoms with van der Waals surface area (Å²) in [5.74, 6) is 0.133. The Hall–Kier alpha value is -4.30. The fourth-order valence-corrected chi connectivity index (χ4v) is 3.90. The summed E-state index contributed by atoms with van der Waals surface area (Å²) in [5.41, 5.74) is 12.3. The van der Waals surface area contributed by atoms with Crippen molar-refractivity contribution in [1.29, 1.82) is 5.26 Å². The fraction of sp³-hybridized carbons (Fsp3) is 0.0400. The van der Waals surface area contributed by atoms with Gasteiger partial charge in [0.25, 0.3) is 0 Å². The molecule has 2 heterocycles. The Bertz CT molecular complexity index is 1270. The normalized spacial score (nSPS) is 15.2. The number of ether oxygens (including phenoxy) is 1. The van der Waals surface area contributed by atoms with Crippen LogP contribution in [0.5, 0.6) is 5.88 Å². The highest BCUT2D eigenvalue weighted by molar-refractivity contribution is 5.71. The fourth-order valence-electron chi connectivity index (χ4n) is 3.90. The van der Waals surface area contributed by atoms with Gasteiger partial charge in [-0.3, -0.25) is 5.10 Å². The molecule has 0 unspecified atom stereocenters. The van der Waals surface area contributed by atoms with Gasteiger partial charge in [-0.05, 0) is 22.3 Å². The molecule has 5 heteroatoms. The summed E-state index contributed by atoms with van der Waals surface area (Å²) in [6, 6.07) is 30.5. The third kappa shape index (κ3) is 2.92. The summed E-state index contributed by atoms with van der Waals surface area (Å²) in [6.07, 6.45) is 0. The van der Waals surface area contributed by atoms with Gasteiger partial charge in [0.05, 0.1) is 17.2 Å². The van der Waals surface area contributed by atoms with Gasteiger partial charge in [0.1, 0.15) is 11.6 Å². The number of aromatic amines is 1. The monoisotopic (exact) mass is 390 g/mol. The zero-order valence-electron chi connectivity index (χ0n) is 16.0. The topological polar surface area (TPSA) is 87.7 Å². The number of H-pyrrole nitrogens is 1. The first-order valence-electron chi connectivity index (χ1n) is 9.63. The van der Waals surface area contributed by atoms with Crippen LogP contribution in [-0.4, -0.2) is 10.2 Å². The number of aromatic nitrogens is 2. The van der Waals surface area contributed by atoms with Gasteiger partial charge in [-0.1, -0.05) is 84.9 Å². The summed E-state index contributed by atoms with van der Waals surface area (Å²) in [7, 11) is 0. The third-order valence-corrected chi connectivity index (χ3v) is 5.35. The molecule has 30 heavy (non-hydrogen) atoms. The maximum atomic E-state index is 9.85. The smallest absolute Gasteiger partial charge is 0.244 e. The Labute approximate surface area is 174 Å². The van der Waals surface area contributed by atoms with E-state index >= 15 is 0 Å². The molecule has 1 atom stereocenters. The zero-order valence-corrected chi connectivity index (χ0v) is 16.0. The van der Waals surface area contributed by atoms with Crippen LogP contribution in [0.1, 0.15) is 17.0 Å². The highest BCUT2D eigenvalue weighted by Gasteiger charge is 2.35. The molecule has 144 valence electrons. The zero-order chi connectivity index (χ0) is 20.5. The van der Waals surface area contributed by atoms with Crippen LogP contribution in [0.2, 0.25) is 0 Å². The van der Waals surface area contributed by atoms with E-state index in [1.165, 1.54) is 0 Å². The van der Waals surface area contributed by atoms with E-state index in [9.17, 15) is 5.26 Å². The minimum atomic E-state index is -0.363. The molecule has 5 rings (SSSR count). The van der Waals surface area contributed by atoms with Gasteiger partial charge in [-0.2, -0.15) is 5.26 Å². The van der Waals surface area contributed by atoms with Gasteiger partial charge in [0.15, 0.2) is 0 Å². The van der Waals surface area contributed by atoms with Gasteiger partial charge in [-0.25, -0.2) is 0 Å². The van der Waals surface area contributed by atoms with Crippen LogP contribution < -0.4 is 10.5 Å². The average Bonchev–Trinajstić information content (AvgIpc) is 3.23. The molecule has 4 aromatic rings. The standard InChI is InChI=1S/C25H18N4O/c26-15-20-21(18-13-11-17(12-14-18)16-7-3-1-4-8-16)22-23(19-9-5-2-6-10-19)28-29-25(22)30-24(20)27/h1-14,21H,27H2,(H,28,29)/t21-/m1/s1. The lowest BCUT2D eigenvalue weighted by molar-refractivity contribution is 0.379. The lowest BCUT2D eigenvalue weighted by Gasteiger charge is -2.24. The number of nitriles is 1. The Morgan fingerprint density at radius 2 is 1.43 bits per heavy atom. The van der Waals surface area contributed by atoms with Crippen molar-refractivity contribution in [2.24, 2.45) is 5.73 Å². The molecular weight excluding hydrogens is 372 g/mol. The van der Waals surface area contributed by atoms with E-state index in [2.05, 4.69) is 40.5 Å². The Kier molecular flexibility index (Phi) is 4.30. The molecule has 1 aromatic heterocycles. The van der Waals surface area contributed by atoms with Gasteiger partial charge >= 0.3 is 0 Å². The quantitative estimate of drug-likeness (QED) is 0.517. The largest absolute Gasteiger partial charge is 0.420 e. The summed E-state index contributed by atoms with van der Waals surface area (Å²) >= 11 is 0. The number of benzene rings is 3. The molecule has 1 aliphatic heterocycles. The van der Waals surface area contributed by atoms with Crippen LogP contribution in [0.15, 0.2) is 96.4 Å². The number of hydrogen-bond acceptors (Lipinski definition) is 4. The van der Waals surface area contributed by atoms with Gasteiger partial charge in [-0.15, -0.1) is 5.10 Å². The van der Waals surface area contributed by atoms with Gasteiger partial charge in [0, 0.05) is 0 Å². The molecule has 0 radical (unpaired) electrons. The maximum absolute atomic E-state index is 9.85. The predicted octanol–water partition coefficient (Wildman–Crippen LogP) is 4.96. The second-order valence-electron chi connectivity index (χ2n) is 7.10. The molecule has 5 nitrogen and oxygen atoms in total. The average molecular weight is 390 g/mol. The predicted molar refractivity (Wildman–Crippen MR) is 115 cm³/mol. The summed E-state index contributed by atoms with van der Waals surface area (Å²) in [4.78, 5) is 0. The summed E-state index contributed by atoms with van der Waals surface area (Å²) in [6.45, 7) is 0. The molecule has 0 amide bonds. The number of rotatable bonds is 3. The first-order valence-corrected chi connectivity index (χ1v) is 9.63. The minimum Gasteiger partial charge on any atom is -0.420 e. The van der Waals surface area contributed by atoms with Crippen LogP contribution in [0.3, 0.4) is 0 Å². The highest BCUT2D eigenvalue weighted by Crippen LogP contribution is 2.45. The molecule has 0 fully saturated rings. The molecule has 3 N–H and O–H groups in total. The van der Waals surface area contributed by atoms with E-state index in [-0.39, 0.29) is 11.8 Å². The first kappa shape index (κ1) is 17.8. The number of fused-ring (bicyclic) bond motifs is 1. The molecule has 1 aliphatic rings. The summed E-state index contributed by atoms with van der Waals surface area (Å²) in [5, 5.41) is 17.2. The molecule has 0 saturated carbocycles. The van der Waals surface area contributed by atoms with E-state index in [0.29, 0.717) is 11.5 Å². The molecule has 3 aromatic carbocycles. The van der Waals surface area contributed by atoms with Crippen LogP contribution in [0, 0.1) is 11.3 Å². The molecule has 0 aliphatic carbocycles. The Morgan fingerprint density at radius 1 is 0.833 bits per heavy atom. The van der Waals surface area contributed by atoms with E-state index < -0.39 is 0 Å². The first-order chi connectivity index (χ1) is 14.8. The van der Waals surface area contributed by atoms with E-state index in [4.69, 9.17) is 10.5 Å². The molecule has 0 spiro atoms. The van der Waals surface area contributed by atoms with E-state index in [1.807, 2.05) is 60.7 Å². The van der Waals surface area contributed by atoms with Crippen molar-refractivity contribution in [2.75, 3.05) is 0 Å². The van der Waals surface area contributed by atoms with Crippen molar-refractivity contribution in [1.82, 2.24) is 10.2 Å². The van der Waals surface area contributed by atoms with Crippen molar-refractivity contribution in [3.05, 3.63) is 108 Å². The number of nitrogens with one attached hydrogen (secondary N) is 1. The summed E-state index contributed by atoms with van der Waals surface area (Å²) < 4.78 is 5.67. The van der Waals surface area contributed by atoms with E-state index in [0.717, 1.165) is 33.5 Å². The second kappa shape index (κ2) is 7.26. The van der Waals surface area contributed by atoms with Gasteiger partial charge < -0.3 is 10.5 Å². The van der Waals surface area contributed by atoms with Gasteiger partial charge in [0.2, 0.25) is 11.8 Å². The van der Waals surface area contributed by atoms with Crippen molar-refractivity contribution >= 4 is 0 Å². The van der Waals surface area contributed by atoms with Crippen molar-refractivity contribution in [2.45, 2.75) is 5.92 Å². The van der Waals surface area contributed by atoms with Crippen LogP contribution in [-0.2, 0) is 0 Å². The van der Waals surface area contributed by atoms with E-state index in [1.54, 1.807) is 0 Å². The van der Waals surface area contributed by atoms with Crippen molar-refractivity contribution < 1.29 is 4.74 Å². The molecule has 0 saturated heterocycles. The highest BCUT2D eigenvalue weighted by atomic mass is 16.5. The van der Waals surface area contributed by atoms with Crippen LogP contribution in [0.25, 0.3) is 22.4 Å². The number of nitrogens with zero attached hydrogens (tertiary/aromatic N) is 2. The minimum absolute atomic E-state index is 0.0910. The maximum Gasteiger partial charge on any atom is 0.244 e. The van der Waals surface area contributed by atoms with Crippen LogP contribution in [0.4, 0.5) is 0 Å². The lowest BCUT2D eigenvalue weighted by atomic mass is 9.82. The number of allylic oxidation sites excluding steroid dienone is 1. The number of nitrogens with two attached hydrogens (primary N) is 1. The Balaban J connectivity index is 1.64. The molecular formula is C25H18N4O. The van der Waals surface area contributed by atoms with Crippen LogP contribution >= 0.6 is 0 Å².